The Bertz CT molecular complexity index is 1250. The molecule has 188 valence electrons. The fraction of sp³-hybridized carbons (Fsp3) is 0.222. The third-order valence-electron chi connectivity index (χ3n) is 5.14. The molecule has 9 heteroatoms. The average molecular weight is 617 g/mol. The molecule has 36 heavy (non-hydrogen) atoms. The van der Waals surface area contributed by atoms with Crippen molar-refractivity contribution in [2.75, 3.05) is 11.9 Å². The van der Waals surface area contributed by atoms with E-state index in [9.17, 15) is 9.59 Å². The third kappa shape index (κ3) is 7.66. The van der Waals surface area contributed by atoms with E-state index in [0.717, 1.165) is 10.0 Å². The molecular weight excluding hydrogens is 590 g/mol. The minimum Gasteiger partial charge on any atom is -0.490 e. The lowest BCUT2D eigenvalue weighted by molar-refractivity contribution is -0.131. The van der Waals surface area contributed by atoms with Crippen molar-refractivity contribution < 1.29 is 19.1 Å². The number of carbonyl (C=O) groups is 2. The number of halogens is 2. The van der Waals surface area contributed by atoms with E-state index in [4.69, 9.17) is 9.47 Å². The lowest BCUT2D eigenvalue weighted by Crippen LogP contribution is -2.34. The second-order valence-corrected chi connectivity index (χ2v) is 9.67. The third-order valence-corrected chi connectivity index (χ3v) is 6.42. The number of anilines is 1. The second-order valence-electron chi connectivity index (χ2n) is 7.96. The Morgan fingerprint density at radius 3 is 2.42 bits per heavy atom. The number of nitrogens with one attached hydrogen (secondary N) is 2. The van der Waals surface area contributed by atoms with Crippen molar-refractivity contribution in [1.29, 1.82) is 0 Å². The first kappa shape index (κ1) is 27.4. The van der Waals surface area contributed by atoms with E-state index in [1.54, 1.807) is 24.3 Å². The zero-order chi connectivity index (χ0) is 26.1. The summed E-state index contributed by atoms with van der Waals surface area (Å²) in [5.41, 5.74) is 5.91. The van der Waals surface area contributed by atoms with Crippen LogP contribution in [0.5, 0.6) is 11.5 Å². The standard InChI is InChI=1S/C27H27Br2N3O4/c1-4-35-24-14-20(13-22(29)25(24)36-16-19-11-9-17(2)10-12-19)15-30-32-27(34)18(3)26(33)31-23-8-6-5-7-21(23)28/h5-15,18H,4,16H2,1-3H3,(H,31,33)(H,32,34). The molecule has 3 rings (SSSR count). The van der Waals surface area contributed by atoms with Crippen molar-refractivity contribution in [3.8, 4) is 11.5 Å². The van der Waals surface area contributed by atoms with Crippen molar-refractivity contribution >= 4 is 55.6 Å². The highest BCUT2D eigenvalue weighted by Crippen LogP contribution is 2.37. The summed E-state index contributed by atoms with van der Waals surface area (Å²) < 4.78 is 13.2. The first-order valence-corrected chi connectivity index (χ1v) is 12.9. The fourth-order valence-electron chi connectivity index (χ4n) is 3.10. The van der Waals surface area contributed by atoms with Gasteiger partial charge in [-0.15, -0.1) is 0 Å². The summed E-state index contributed by atoms with van der Waals surface area (Å²) in [5, 5.41) is 6.74. The molecule has 7 nitrogen and oxygen atoms in total. The first-order chi connectivity index (χ1) is 17.3. The number of hydrogen-bond donors (Lipinski definition) is 2. The van der Waals surface area contributed by atoms with Crippen molar-refractivity contribution in [2.24, 2.45) is 11.0 Å². The normalized spacial score (nSPS) is 11.7. The Kier molecular flexibility index (Phi) is 10.1. The second kappa shape index (κ2) is 13.2. The number of ether oxygens (including phenoxy) is 2. The van der Waals surface area contributed by atoms with Crippen LogP contribution in [0.15, 0.2) is 74.7 Å². The van der Waals surface area contributed by atoms with Gasteiger partial charge in [-0.1, -0.05) is 42.0 Å². The highest BCUT2D eigenvalue weighted by atomic mass is 79.9. The van der Waals surface area contributed by atoms with Crippen LogP contribution in [0.25, 0.3) is 0 Å². The molecule has 0 aromatic heterocycles. The van der Waals surface area contributed by atoms with Crippen LogP contribution in [0.4, 0.5) is 5.69 Å². The Morgan fingerprint density at radius 2 is 1.72 bits per heavy atom. The largest absolute Gasteiger partial charge is 0.490 e. The number of carbonyl (C=O) groups excluding carboxylic acids is 2. The highest BCUT2D eigenvalue weighted by Gasteiger charge is 2.22. The number of hydrogen-bond acceptors (Lipinski definition) is 5. The molecule has 1 unspecified atom stereocenters. The van der Waals surface area contributed by atoms with Crippen LogP contribution in [0.3, 0.4) is 0 Å². The van der Waals surface area contributed by atoms with Gasteiger partial charge in [-0.2, -0.15) is 5.10 Å². The zero-order valence-electron chi connectivity index (χ0n) is 20.2. The van der Waals surface area contributed by atoms with Crippen LogP contribution in [0.1, 0.15) is 30.5 Å². The van der Waals surface area contributed by atoms with E-state index in [1.807, 2.05) is 50.2 Å². The van der Waals surface area contributed by atoms with E-state index in [-0.39, 0.29) is 0 Å². The number of para-hydroxylation sites is 1. The Morgan fingerprint density at radius 1 is 1.00 bits per heavy atom. The van der Waals surface area contributed by atoms with E-state index in [2.05, 4.69) is 47.7 Å². The van der Waals surface area contributed by atoms with Crippen molar-refractivity contribution in [2.45, 2.75) is 27.4 Å². The molecule has 3 aromatic rings. The van der Waals surface area contributed by atoms with Gasteiger partial charge in [0.2, 0.25) is 5.91 Å². The van der Waals surface area contributed by atoms with Crippen molar-refractivity contribution in [3.05, 3.63) is 86.3 Å². The SMILES string of the molecule is CCOc1cc(C=NNC(=O)C(C)C(=O)Nc2ccccc2Br)cc(Br)c1OCc1ccc(C)cc1. The van der Waals surface area contributed by atoms with Crippen LogP contribution < -0.4 is 20.2 Å². The summed E-state index contributed by atoms with van der Waals surface area (Å²) >= 11 is 6.91. The molecule has 0 heterocycles. The predicted octanol–water partition coefficient (Wildman–Crippen LogP) is 6.22. The van der Waals surface area contributed by atoms with Crippen LogP contribution in [0.2, 0.25) is 0 Å². The molecule has 0 saturated heterocycles. The van der Waals surface area contributed by atoms with E-state index in [1.165, 1.54) is 18.7 Å². The van der Waals surface area contributed by atoms with Gasteiger partial charge in [0.15, 0.2) is 11.5 Å². The summed E-state index contributed by atoms with van der Waals surface area (Å²) in [6.07, 6.45) is 1.48. The van der Waals surface area contributed by atoms with E-state index in [0.29, 0.717) is 40.4 Å². The molecule has 1 atom stereocenters. The maximum Gasteiger partial charge on any atom is 0.252 e. The molecule has 0 spiro atoms. The molecule has 3 aromatic carbocycles. The number of hydrazone groups is 1. The van der Waals surface area contributed by atoms with Gasteiger partial charge in [-0.25, -0.2) is 5.43 Å². The van der Waals surface area contributed by atoms with Crippen LogP contribution >= 0.6 is 31.9 Å². The minimum absolute atomic E-state index is 0.391. The van der Waals surface area contributed by atoms with Crippen molar-refractivity contribution in [1.82, 2.24) is 5.43 Å². The summed E-state index contributed by atoms with van der Waals surface area (Å²) in [6.45, 7) is 6.28. The molecule has 0 aliphatic rings. The van der Waals surface area contributed by atoms with Gasteiger partial charge in [0.05, 0.1) is 23.0 Å². The molecule has 0 bridgehead atoms. The van der Waals surface area contributed by atoms with E-state index < -0.39 is 17.7 Å². The lowest BCUT2D eigenvalue weighted by atomic mass is 10.1. The Hall–Kier alpha value is -3.17. The van der Waals surface area contributed by atoms with Crippen LogP contribution in [-0.2, 0) is 16.2 Å². The molecule has 0 aliphatic heterocycles. The average Bonchev–Trinajstić information content (AvgIpc) is 2.85. The fourth-order valence-corrected chi connectivity index (χ4v) is 4.05. The Labute approximate surface area is 227 Å². The van der Waals surface area contributed by atoms with Gasteiger partial charge in [0.1, 0.15) is 12.5 Å². The van der Waals surface area contributed by atoms with Crippen LogP contribution in [-0.4, -0.2) is 24.6 Å². The quantitative estimate of drug-likeness (QED) is 0.161. The molecule has 0 radical (unpaired) electrons. The van der Waals surface area contributed by atoms with Gasteiger partial charge in [-0.05, 0) is 88.0 Å². The summed E-state index contributed by atoms with van der Waals surface area (Å²) in [5.74, 6) is -0.787. The van der Waals surface area contributed by atoms with Gasteiger partial charge in [-0.3, -0.25) is 9.59 Å². The molecule has 0 fully saturated rings. The van der Waals surface area contributed by atoms with E-state index >= 15 is 0 Å². The summed E-state index contributed by atoms with van der Waals surface area (Å²) in [7, 11) is 0. The Balaban J connectivity index is 1.63. The zero-order valence-corrected chi connectivity index (χ0v) is 23.4. The molecular formula is C27H27Br2N3O4. The van der Waals surface area contributed by atoms with Gasteiger partial charge < -0.3 is 14.8 Å². The first-order valence-electron chi connectivity index (χ1n) is 11.3. The number of aryl methyl sites for hydroxylation is 1. The maximum atomic E-state index is 12.4. The topological polar surface area (TPSA) is 89.0 Å². The van der Waals surface area contributed by atoms with Gasteiger partial charge in [0, 0.05) is 4.47 Å². The monoisotopic (exact) mass is 615 g/mol. The smallest absolute Gasteiger partial charge is 0.252 e. The lowest BCUT2D eigenvalue weighted by Gasteiger charge is -2.15. The molecule has 2 N–H and O–H groups in total. The van der Waals surface area contributed by atoms with Gasteiger partial charge >= 0.3 is 0 Å². The van der Waals surface area contributed by atoms with Crippen LogP contribution in [0, 0.1) is 12.8 Å². The number of amides is 2. The number of nitrogens with zero attached hydrogens (tertiary/aromatic N) is 1. The summed E-state index contributed by atoms with van der Waals surface area (Å²) in [6, 6.07) is 18.9. The molecule has 2 amide bonds. The van der Waals surface area contributed by atoms with Crippen molar-refractivity contribution in [3.63, 3.8) is 0 Å². The minimum atomic E-state index is -0.947. The number of rotatable bonds is 10. The molecule has 0 saturated carbocycles. The molecule has 0 aliphatic carbocycles. The maximum absolute atomic E-state index is 12.4. The number of benzene rings is 3. The summed E-state index contributed by atoms with van der Waals surface area (Å²) in [4.78, 5) is 24.9. The predicted molar refractivity (Wildman–Crippen MR) is 148 cm³/mol. The van der Waals surface area contributed by atoms with Gasteiger partial charge in [0.25, 0.3) is 5.91 Å². The highest BCUT2D eigenvalue weighted by molar-refractivity contribution is 9.11.